The van der Waals surface area contributed by atoms with Gasteiger partial charge in [-0.05, 0) is 54.4 Å². The molecule has 0 spiro atoms. The number of aromatic hydroxyl groups is 1. The molecule has 0 aromatic heterocycles. The number of hydrogen-bond acceptors (Lipinski definition) is 2. The molecule has 0 bridgehead atoms. The van der Waals surface area contributed by atoms with E-state index in [1.807, 2.05) is 24.3 Å². The van der Waals surface area contributed by atoms with E-state index in [0.717, 1.165) is 21.3 Å². The molecule has 20 heavy (non-hydrogen) atoms. The van der Waals surface area contributed by atoms with Crippen LogP contribution in [0.5, 0.6) is 11.5 Å². The van der Waals surface area contributed by atoms with Crippen molar-refractivity contribution < 1.29 is 9.84 Å². The van der Waals surface area contributed by atoms with Crippen molar-refractivity contribution in [2.75, 3.05) is 6.61 Å². The predicted molar refractivity (Wildman–Crippen MR) is 90.3 cm³/mol. The monoisotopic (exact) mass is 400 g/mol. The fraction of sp³-hybridized carbons (Fsp3) is 0.250. The van der Waals surface area contributed by atoms with Crippen LogP contribution >= 0.6 is 31.9 Å². The highest BCUT2D eigenvalue weighted by molar-refractivity contribution is 9.10. The fourth-order valence-electron chi connectivity index (χ4n) is 1.23. The molecule has 0 atom stereocenters. The van der Waals surface area contributed by atoms with Gasteiger partial charge < -0.3 is 9.84 Å². The van der Waals surface area contributed by atoms with Crippen molar-refractivity contribution in [2.24, 2.45) is 5.92 Å². The van der Waals surface area contributed by atoms with Gasteiger partial charge in [-0.2, -0.15) is 0 Å². The predicted octanol–water partition coefficient (Wildman–Crippen LogP) is 5.64. The van der Waals surface area contributed by atoms with Gasteiger partial charge in [-0.25, -0.2) is 0 Å². The van der Waals surface area contributed by atoms with Crippen molar-refractivity contribution in [3.63, 3.8) is 0 Å². The van der Waals surface area contributed by atoms with Gasteiger partial charge in [0.15, 0.2) is 0 Å². The largest absolute Gasteiger partial charge is 0.508 e. The third kappa shape index (κ3) is 7.56. The van der Waals surface area contributed by atoms with Crippen LogP contribution in [0, 0.1) is 5.92 Å². The van der Waals surface area contributed by atoms with Crippen LogP contribution in [0.1, 0.15) is 13.8 Å². The van der Waals surface area contributed by atoms with E-state index < -0.39 is 0 Å². The average molecular weight is 402 g/mol. The first-order valence-corrected chi connectivity index (χ1v) is 7.89. The Morgan fingerprint density at radius 2 is 1.35 bits per heavy atom. The number of hydrogen-bond donors (Lipinski definition) is 1. The second-order valence-electron chi connectivity index (χ2n) is 4.64. The number of halogens is 2. The molecule has 0 aliphatic heterocycles. The quantitative estimate of drug-likeness (QED) is 0.721. The smallest absolute Gasteiger partial charge is 0.119 e. The Morgan fingerprint density at radius 1 is 0.900 bits per heavy atom. The van der Waals surface area contributed by atoms with Gasteiger partial charge in [0, 0.05) is 8.95 Å². The molecule has 0 aliphatic carbocycles. The SMILES string of the molecule is CC(C)COc1ccc(Br)cc1.Oc1ccc(Br)cc1. The minimum atomic E-state index is 0.299. The lowest BCUT2D eigenvalue weighted by molar-refractivity contribution is 0.271. The highest BCUT2D eigenvalue weighted by atomic mass is 79.9. The number of phenols is 1. The molecule has 2 aromatic carbocycles. The number of rotatable bonds is 3. The van der Waals surface area contributed by atoms with E-state index >= 15 is 0 Å². The molecule has 2 aromatic rings. The molecule has 1 N–H and O–H groups in total. The Labute approximate surface area is 137 Å². The molecule has 0 unspecified atom stereocenters. The molecule has 2 rings (SSSR count). The lowest BCUT2D eigenvalue weighted by Gasteiger charge is -2.07. The second kappa shape index (κ2) is 9.03. The van der Waals surface area contributed by atoms with Crippen molar-refractivity contribution in [2.45, 2.75) is 13.8 Å². The minimum absolute atomic E-state index is 0.299. The van der Waals surface area contributed by atoms with Crippen LogP contribution in [-0.2, 0) is 0 Å². The summed E-state index contributed by atoms with van der Waals surface area (Å²) in [5, 5.41) is 8.74. The van der Waals surface area contributed by atoms with Crippen molar-refractivity contribution in [3.8, 4) is 11.5 Å². The van der Waals surface area contributed by atoms with Crippen molar-refractivity contribution in [3.05, 3.63) is 57.5 Å². The first kappa shape index (κ1) is 17.1. The fourth-order valence-corrected chi connectivity index (χ4v) is 1.76. The zero-order chi connectivity index (χ0) is 15.0. The molecule has 0 amide bonds. The molecule has 4 heteroatoms. The minimum Gasteiger partial charge on any atom is -0.508 e. The zero-order valence-electron chi connectivity index (χ0n) is 11.5. The maximum absolute atomic E-state index is 8.74. The molecule has 0 aliphatic rings. The maximum atomic E-state index is 8.74. The van der Waals surface area contributed by atoms with Gasteiger partial charge >= 0.3 is 0 Å². The Hall–Kier alpha value is -1.00. The molecule has 2 nitrogen and oxygen atoms in total. The summed E-state index contributed by atoms with van der Waals surface area (Å²) < 4.78 is 7.57. The van der Waals surface area contributed by atoms with Crippen LogP contribution in [0.4, 0.5) is 0 Å². The van der Waals surface area contributed by atoms with Crippen molar-refractivity contribution >= 4 is 31.9 Å². The molecule has 0 saturated carbocycles. The summed E-state index contributed by atoms with van der Waals surface area (Å²) in [5.41, 5.74) is 0. The third-order valence-corrected chi connectivity index (χ3v) is 3.28. The topological polar surface area (TPSA) is 29.5 Å². The molecule has 108 valence electrons. The Morgan fingerprint density at radius 3 is 1.75 bits per heavy atom. The van der Waals surface area contributed by atoms with Gasteiger partial charge in [0.1, 0.15) is 11.5 Å². The summed E-state index contributed by atoms with van der Waals surface area (Å²) >= 11 is 6.60. The second-order valence-corrected chi connectivity index (χ2v) is 6.47. The Bertz CT molecular complexity index is 472. The summed E-state index contributed by atoms with van der Waals surface area (Å²) in [5.74, 6) is 1.81. The number of phenolic OH excluding ortho intramolecular Hbond substituents is 1. The van der Waals surface area contributed by atoms with Gasteiger partial charge in [0.2, 0.25) is 0 Å². The molecular weight excluding hydrogens is 384 g/mol. The van der Waals surface area contributed by atoms with Crippen LogP contribution in [0.25, 0.3) is 0 Å². The summed E-state index contributed by atoms with van der Waals surface area (Å²) in [6.07, 6.45) is 0. The lowest BCUT2D eigenvalue weighted by atomic mass is 10.2. The molecule has 0 saturated heterocycles. The Balaban J connectivity index is 0.000000217. The van der Waals surface area contributed by atoms with Crippen LogP contribution in [0.3, 0.4) is 0 Å². The van der Waals surface area contributed by atoms with E-state index in [9.17, 15) is 0 Å². The zero-order valence-corrected chi connectivity index (χ0v) is 14.7. The van der Waals surface area contributed by atoms with E-state index in [2.05, 4.69) is 45.7 Å². The van der Waals surface area contributed by atoms with E-state index in [1.165, 1.54) is 0 Å². The van der Waals surface area contributed by atoms with E-state index in [0.29, 0.717) is 11.7 Å². The van der Waals surface area contributed by atoms with E-state index in [4.69, 9.17) is 9.84 Å². The van der Waals surface area contributed by atoms with E-state index in [-0.39, 0.29) is 0 Å². The summed E-state index contributed by atoms with van der Waals surface area (Å²) in [4.78, 5) is 0. The van der Waals surface area contributed by atoms with Crippen LogP contribution < -0.4 is 4.74 Å². The highest BCUT2D eigenvalue weighted by Crippen LogP contribution is 2.16. The van der Waals surface area contributed by atoms with Crippen LogP contribution in [0.15, 0.2) is 57.5 Å². The first-order chi connectivity index (χ1) is 9.47. The average Bonchev–Trinajstić information content (AvgIpc) is 2.42. The number of ether oxygens (including phenoxy) is 1. The molecule has 0 heterocycles. The van der Waals surface area contributed by atoms with Gasteiger partial charge in [-0.1, -0.05) is 45.7 Å². The third-order valence-electron chi connectivity index (χ3n) is 2.22. The summed E-state index contributed by atoms with van der Waals surface area (Å²) in [6.45, 7) is 5.05. The van der Waals surface area contributed by atoms with Crippen LogP contribution in [-0.4, -0.2) is 11.7 Å². The molecule has 0 radical (unpaired) electrons. The normalized spacial score (nSPS) is 9.85. The molecule has 0 fully saturated rings. The summed E-state index contributed by atoms with van der Waals surface area (Å²) in [7, 11) is 0. The Kier molecular flexibility index (Phi) is 7.70. The highest BCUT2D eigenvalue weighted by Gasteiger charge is 1.95. The van der Waals surface area contributed by atoms with Gasteiger partial charge in [-0.3, -0.25) is 0 Å². The standard InChI is InChI=1S/C10H13BrO.C6H5BrO/c1-8(2)7-12-10-5-3-9(11)4-6-10;7-5-1-3-6(8)4-2-5/h3-6,8H,7H2,1-2H3;1-4,8H. The van der Waals surface area contributed by atoms with Gasteiger partial charge in [0.05, 0.1) is 6.61 Å². The lowest BCUT2D eigenvalue weighted by Crippen LogP contribution is -2.03. The van der Waals surface area contributed by atoms with Gasteiger partial charge in [-0.15, -0.1) is 0 Å². The van der Waals surface area contributed by atoms with E-state index in [1.54, 1.807) is 24.3 Å². The first-order valence-electron chi connectivity index (χ1n) is 6.30. The van der Waals surface area contributed by atoms with Crippen LogP contribution in [0.2, 0.25) is 0 Å². The maximum Gasteiger partial charge on any atom is 0.119 e. The molecular formula is C16H18Br2O2. The van der Waals surface area contributed by atoms with Crippen molar-refractivity contribution in [1.82, 2.24) is 0 Å². The van der Waals surface area contributed by atoms with Gasteiger partial charge in [0.25, 0.3) is 0 Å². The summed E-state index contributed by atoms with van der Waals surface area (Å²) in [6, 6.07) is 14.7. The number of benzene rings is 2. The van der Waals surface area contributed by atoms with Crippen molar-refractivity contribution in [1.29, 1.82) is 0 Å².